The van der Waals surface area contributed by atoms with Gasteiger partial charge in [0.15, 0.2) is 12.4 Å². The van der Waals surface area contributed by atoms with Crippen molar-refractivity contribution in [2.24, 2.45) is 0 Å². The molecule has 0 spiro atoms. The normalized spacial score (nSPS) is 13.7. The Hall–Kier alpha value is -4.59. The lowest BCUT2D eigenvalue weighted by atomic mass is 10.0. The summed E-state index contributed by atoms with van der Waals surface area (Å²) in [5.41, 5.74) is 3.22. The number of nitrogens with zero attached hydrogens (tertiary/aromatic N) is 4. The van der Waals surface area contributed by atoms with Crippen LogP contribution in [0.1, 0.15) is 29.3 Å². The van der Waals surface area contributed by atoms with Crippen LogP contribution in [0.2, 0.25) is 0 Å². The highest BCUT2D eigenvalue weighted by molar-refractivity contribution is 6.53. The van der Waals surface area contributed by atoms with Gasteiger partial charge in [-0.2, -0.15) is 9.67 Å². The van der Waals surface area contributed by atoms with Crippen LogP contribution in [0.3, 0.4) is 0 Å². The lowest BCUT2D eigenvalue weighted by molar-refractivity contribution is -0.577. The molecule has 0 radical (unpaired) electrons. The van der Waals surface area contributed by atoms with E-state index in [1.165, 1.54) is 24.3 Å². The molecule has 0 saturated heterocycles. The van der Waals surface area contributed by atoms with Crippen LogP contribution in [-0.2, 0) is 16.0 Å². The summed E-state index contributed by atoms with van der Waals surface area (Å²) in [4.78, 5) is 28.7. The average molecular weight is 483 g/mol. The number of aryl methyl sites for hydroxylation is 3. The standard InChI is InChI=1S/C28H23FN4O3/c1-4-22-23(27(35)33(30-22)21-12-10-19(29)11-13-21)24-25(31-15-14-17(2)18(3)16-31)28(36)32(26(24)34)20-8-6-5-7-9-20/h5-16H,4H2,1-3H3. The first kappa shape index (κ1) is 23.2. The molecule has 4 aromatic rings. The van der Waals surface area contributed by atoms with Gasteiger partial charge in [0.2, 0.25) is 0 Å². The van der Waals surface area contributed by atoms with Crippen molar-refractivity contribution in [3.05, 3.63) is 101 Å². The zero-order chi connectivity index (χ0) is 25.6. The minimum atomic E-state index is -0.600. The maximum absolute atomic E-state index is 13.9. The summed E-state index contributed by atoms with van der Waals surface area (Å²) in [5.74, 6) is -2.13. The smallest absolute Gasteiger partial charge is 0.331 e. The largest absolute Gasteiger partial charge is 0.858 e. The zero-order valence-corrected chi connectivity index (χ0v) is 20.0. The van der Waals surface area contributed by atoms with Gasteiger partial charge in [0, 0.05) is 17.2 Å². The number of carbonyl (C=O) groups excluding carboxylic acids is 2. The highest BCUT2D eigenvalue weighted by atomic mass is 19.1. The maximum Gasteiger partial charge on any atom is 0.331 e. The number of anilines is 1. The molecule has 180 valence electrons. The second-order valence-corrected chi connectivity index (χ2v) is 8.59. The van der Waals surface area contributed by atoms with Crippen molar-refractivity contribution >= 4 is 28.8 Å². The molecule has 2 aromatic carbocycles. The minimum Gasteiger partial charge on any atom is -0.858 e. The van der Waals surface area contributed by atoms with Crippen LogP contribution in [0, 0.1) is 19.7 Å². The van der Waals surface area contributed by atoms with E-state index in [0.717, 1.165) is 20.7 Å². The summed E-state index contributed by atoms with van der Waals surface area (Å²) in [6.45, 7) is 5.68. The minimum absolute atomic E-state index is 0.00711. The number of pyridine rings is 1. The third-order valence-electron chi connectivity index (χ3n) is 6.34. The molecule has 0 unspecified atom stereocenters. The van der Waals surface area contributed by atoms with Crippen molar-refractivity contribution in [2.75, 3.05) is 4.90 Å². The van der Waals surface area contributed by atoms with Gasteiger partial charge in [0.1, 0.15) is 11.4 Å². The van der Waals surface area contributed by atoms with Crippen molar-refractivity contribution in [3.8, 4) is 11.6 Å². The SMILES string of the molecule is CCc1nn(-c2ccc(F)cc2)c([O-])c1C1=C([n+]2ccc(C)c(C)c2)C(=O)N(c2ccccc2)C1=O. The summed E-state index contributed by atoms with van der Waals surface area (Å²) in [5, 5.41) is 18.1. The van der Waals surface area contributed by atoms with Gasteiger partial charge >= 0.3 is 5.91 Å². The Balaban J connectivity index is 1.78. The summed E-state index contributed by atoms with van der Waals surface area (Å²) >= 11 is 0. The molecule has 0 atom stereocenters. The van der Waals surface area contributed by atoms with Crippen molar-refractivity contribution < 1.29 is 23.7 Å². The van der Waals surface area contributed by atoms with E-state index in [4.69, 9.17) is 0 Å². The molecule has 0 bridgehead atoms. The molecule has 2 aromatic heterocycles. The molecular weight excluding hydrogens is 459 g/mol. The number of hydrogen-bond donors (Lipinski definition) is 0. The molecular formula is C28H23FN4O3. The fourth-order valence-electron chi connectivity index (χ4n) is 4.31. The van der Waals surface area contributed by atoms with Gasteiger partial charge in [-0.25, -0.2) is 14.0 Å². The Kier molecular flexibility index (Phi) is 5.72. The molecule has 3 heterocycles. The van der Waals surface area contributed by atoms with Gasteiger partial charge < -0.3 is 5.11 Å². The first-order chi connectivity index (χ1) is 17.3. The van der Waals surface area contributed by atoms with E-state index < -0.39 is 23.5 Å². The molecule has 1 aliphatic heterocycles. The number of rotatable bonds is 5. The fraction of sp³-hybridized carbons (Fsp3) is 0.143. The third kappa shape index (κ3) is 3.67. The zero-order valence-electron chi connectivity index (χ0n) is 20.0. The number of imide groups is 1. The summed E-state index contributed by atoms with van der Waals surface area (Å²) in [6, 6.07) is 15.8. The van der Waals surface area contributed by atoms with Gasteiger partial charge in [-0.05, 0) is 68.1 Å². The Morgan fingerprint density at radius 2 is 1.61 bits per heavy atom. The van der Waals surface area contributed by atoms with Crippen molar-refractivity contribution in [1.29, 1.82) is 0 Å². The number of amides is 2. The van der Waals surface area contributed by atoms with Crippen LogP contribution >= 0.6 is 0 Å². The van der Waals surface area contributed by atoms with Crippen molar-refractivity contribution in [2.45, 2.75) is 27.2 Å². The van der Waals surface area contributed by atoms with Gasteiger partial charge in [0.25, 0.3) is 11.6 Å². The Morgan fingerprint density at radius 3 is 2.25 bits per heavy atom. The number of halogens is 1. The second kappa shape index (κ2) is 8.88. The Morgan fingerprint density at radius 1 is 0.917 bits per heavy atom. The van der Waals surface area contributed by atoms with Crippen molar-refractivity contribution in [1.82, 2.24) is 9.78 Å². The molecule has 0 N–H and O–H groups in total. The van der Waals surface area contributed by atoms with Crippen LogP contribution in [0.25, 0.3) is 17.0 Å². The molecule has 36 heavy (non-hydrogen) atoms. The molecule has 0 saturated carbocycles. The molecule has 2 amide bonds. The van der Waals surface area contributed by atoms with Gasteiger partial charge in [0.05, 0.1) is 17.1 Å². The number of para-hydroxylation sites is 1. The number of carbonyl (C=O) groups is 2. The van der Waals surface area contributed by atoms with Crippen LogP contribution < -0.4 is 14.6 Å². The van der Waals surface area contributed by atoms with Crippen LogP contribution in [-0.4, -0.2) is 21.6 Å². The van der Waals surface area contributed by atoms with Crippen LogP contribution in [0.5, 0.6) is 5.88 Å². The maximum atomic E-state index is 13.9. The summed E-state index contributed by atoms with van der Waals surface area (Å²) < 4.78 is 16.2. The third-order valence-corrected chi connectivity index (χ3v) is 6.34. The predicted molar refractivity (Wildman–Crippen MR) is 131 cm³/mol. The molecule has 7 nitrogen and oxygen atoms in total. The van der Waals surface area contributed by atoms with Gasteiger partial charge in [-0.15, -0.1) is 0 Å². The molecule has 1 aliphatic rings. The monoisotopic (exact) mass is 482 g/mol. The van der Waals surface area contributed by atoms with E-state index in [9.17, 15) is 19.1 Å². The van der Waals surface area contributed by atoms with Crippen LogP contribution in [0.4, 0.5) is 10.1 Å². The lowest BCUT2D eigenvalue weighted by Crippen LogP contribution is -2.40. The van der Waals surface area contributed by atoms with Crippen LogP contribution in [0.15, 0.2) is 73.1 Å². The topological polar surface area (TPSA) is 82.1 Å². The molecule has 8 heteroatoms. The summed E-state index contributed by atoms with van der Waals surface area (Å²) in [6.07, 6.45) is 3.82. The first-order valence-corrected chi connectivity index (χ1v) is 11.5. The van der Waals surface area contributed by atoms with Gasteiger partial charge in [-0.1, -0.05) is 25.1 Å². The first-order valence-electron chi connectivity index (χ1n) is 11.5. The molecule has 5 rings (SSSR count). The van der Waals surface area contributed by atoms with E-state index in [1.54, 1.807) is 47.3 Å². The lowest BCUT2D eigenvalue weighted by Gasteiger charge is -2.15. The molecule has 0 aliphatic carbocycles. The Labute approximate surface area is 207 Å². The summed E-state index contributed by atoms with van der Waals surface area (Å²) in [7, 11) is 0. The number of aromatic nitrogens is 3. The van der Waals surface area contributed by atoms with E-state index in [2.05, 4.69) is 5.10 Å². The number of hydrogen-bond acceptors (Lipinski definition) is 4. The van der Waals surface area contributed by atoms with E-state index in [0.29, 0.717) is 23.5 Å². The average Bonchev–Trinajstić information content (AvgIpc) is 3.33. The highest BCUT2D eigenvalue weighted by Gasteiger charge is 2.47. The molecule has 0 fully saturated rings. The van der Waals surface area contributed by atoms with E-state index in [-0.39, 0.29) is 16.8 Å². The van der Waals surface area contributed by atoms with Gasteiger partial charge in [-0.3, -0.25) is 9.59 Å². The highest BCUT2D eigenvalue weighted by Crippen LogP contribution is 2.38. The predicted octanol–water partition coefficient (Wildman–Crippen LogP) is 3.49. The van der Waals surface area contributed by atoms with E-state index in [1.807, 2.05) is 26.8 Å². The van der Waals surface area contributed by atoms with E-state index >= 15 is 0 Å². The number of benzene rings is 2. The Bertz CT molecular complexity index is 1540. The van der Waals surface area contributed by atoms with Crippen molar-refractivity contribution in [3.63, 3.8) is 0 Å². The second-order valence-electron chi connectivity index (χ2n) is 8.59. The quantitative estimate of drug-likeness (QED) is 0.322. The fourth-order valence-corrected chi connectivity index (χ4v) is 4.31.